The van der Waals surface area contributed by atoms with Gasteiger partial charge in [-0.05, 0) is 110 Å². The monoisotopic (exact) mass is 1080 g/mol. The molecule has 5 N–H and O–H groups in total. The number of aldehydes is 1. The molecule has 2 heterocycles. The molecule has 1 aliphatic carbocycles. The molecule has 0 saturated carbocycles. The second kappa shape index (κ2) is 30.9. The van der Waals surface area contributed by atoms with Gasteiger partial charge in [-0.3, -0.25) is 0 Å². The summed E-state index contributed by atoms with van der Waals surface area (Å²) in [4.78, 5) is 18.9. The molecule has 2 aliphatic rings. The van der Waals surface area contributed by atoms with Gasteiger partial charge >= 0.3 is 0 Å². The van der Waals surface area contributed by atoms with E-state index < -0.39 is 0 Å². The molecule has 1 fully saturated rings. The van der Waals surface area contributed by atoms with Crippen LogP contribution >= 0.6 is 12.6 Å². The van der Waals surface area contributed by atoms with Crippen molar-refractivity contribution in [1.29, 1.82) is 0 Å². The van der Waals surface area contributed by atoms with E-state index >= 15 is 0 Å². The third-order valence-corrected chi connectivity index (χ3v) is 11.7. The summed E-state index contributed by atoms with van der Waals surface area (Å²) in [6, 6.07) is 26.9. The number of aromatic nitrogens is 1. The molecule has 3 aromatic carbocycles. The predicted molar refractivity (Wildman–Crippen MR) is 287 cm³/mol. The van der Waals surface area contributed by atoms with E-state index in [0.717, 1.165) is 101 Å². The molecule has 1 aromatic heterocycles. The fourth-order valence-electron chi connectivity index (χ4n) is 7.39. The molecule has 2 unspecified atom stereocenters. The van der Waals surface area contributed by atoms with Crippen molar-refractivity contribution in [2.45, 2.75) is 133 Å². The maximum absolute atomic E-state index is 10.9. The number of pyridine rings is 1. The second-order valence-electron chi connectivity index (χ2n) is 17.3. The van der Waals surface area contributed by atoms with Crippen LogP contribution in [-0.4, -0.2) is 47.0 Å². The molecule has 4 aromatic rings. The molecule has 7 nitrogen and oxygen atoms in total. The molecule has 0 spiro atoms. The predicted octanol–water partition coefficient (Wildman–Crippen LogP) is 14.9. The number of allylic oxidation sites excluding steroid dienone is 4. The summed E-state index contributed by atoms with van der Waals surface area (Å²) in [7, 11) is 1.95. The van der Waals surface area contributed by atoms with E-state index in [0.29, 0.717) is 5.69 Å². The quantitative estimate of drug-likeness (QED) is 0.0830. The number of hydrogen-bond donors (Lipinski definition) is 4. The Morgan fingerprint density at radius 1 is 1.00 bits per heavy atom. The minimum Gasteiger partial charge on any atom is -0.674 e. The van der Waals surface area contributed by atoms with Gasteiger partial charge in [0.05, 0.1) is 17.4 Å². The number of nitrogens with one attached hydrogen (secondary N) is 2. The van der Waals surface area contributed by atoms with Crippen molar-refractivity contribution < 1.29 is 31.0 Å². The van der Waals surface area contributed by atoms with Crippen LogP contribution in [0.4, 0.5) is 0 Å². The minimum absolute atomic E-state index is 0. The molecular weight excluding hydrogens is 1000 g/mol. The first-order valence-electron chi connectivity index (χ1n) is 23.5. The smallest absolute Gasteiger partial charge is 0.142 e. The van der Waals surface area contributed by atoms with Crippen molar-refractivity contribution in [1.82, 2.24) is 15.2 Å². The first-order chi connectivity index (χ1) is 31.1. The number of hydrogen-bond acceptors (Lipinski definition) is 7. The van der Waals surface area contributed by atoms with Crippen LogP contribution < -0.4 is 11.1 Å². The van der Waals surface area contributed by atoms with E-state index in [-0.39, 0.29) is 50.9 Å². The topological polar surface area (TPSA) is 115 Å². The number of likely N-dealkylation sites (tertiary alicyclic amines) is 1. The van der Waals surface area contributed by atoms with Gasteiger partial charge in [0, 0.05) is 61.9 Å². The first-order valence-corrected chi connectivity index (χ1v) is 23.9. The van der Waals surface area contributed by atoms with Gasteiger partial charge in [0.15, 0.2) is 0 Å². The van der Waals surface area contributed by atoms with Crippen molar-refractivity contribution >= 4 is 35.5 Å². The number of nitrogens with zero attached hydrogens (tertiary/aromatic N) is 2. The number of aryl methyl sites for hydroxylation is 1. The fourth-order valence-corrected chi connectivity index (χ4v) is 7.54. The van der Waals surface area contributed by atoms with Gasteiger partial charge in [0.1, 0.15) is 12.0 Å². The second-order valence-corrected chi connectivity index (χ2v) is 17.8. The Balaban J connectivity index is 0.000000522. The zero-order valence-electron chi connectivity index (χ0n) is 41.9. The van der Waals surface area contributed by atoms with Crippen LogP contribution in [0, 0.1) is 5.41 Å². The molecule has 6 rings (SSSR count). The molecule has 0 amide bonds. The van der Waals surface area contributed by atoms with E-state index in [4.69, 9.17) is 16.5 Å². The van der Waals surface area contributed by atoms with Crippen LogP contribution in [0.25, 0.3) is 44.7 Å². The Morgan fingerprint density at radius 3 is 2.14 bits per heavy atom. The molecule has 9 heteroatoms. The molecule has 0 radical (unpaired) electrons. The van der Waals surface area contributed by atoms with Crippen molar-refractivity contribution in [3.05, 3.63) is 160 Å². The van der Waals surface area contributed by atoms with Crippen LogP contribution in [0.1, 0.15) is 135 Å². The Morgan fingerprint density at radius 2 is 1.62 bits per heavy atom. The minimum atomic E-state index is -0.0851. The molecule has 1 aliphatic heterocycles. The first kappa shape index (κ1) is 59.7. The van der Waals surface area contributed by atoms with Gasteiger partial charge in [-0.2, -0.15) is 0 Å². The van der Waals surface area contributed by atoms with Crippen LogP contribution in [0.5, 0.6) is 0 Å². The Bertz CT molecular complexity index is 2200. The Kier molecular flexibility index (Phi) is 27.9. The number of aliphatic hydroxyl groups excluding tert-OH is 1. The van der Waals surface area contributed by atoms with Crippen molar-refractivity contribution in [2.75, 3.05) is 13.6 Å². The maximum Gasteiger partial charge on any atom is 0.142 e. The summed E-state index contributed by atoms with van der Waals surface area (Å²) in [6.45, 7) is 30.7. The summed E-state index contributed by atoms with van der Waals surface area (Å²) in [5.41, 5.74) is 27.6. The SMILES string of the molecule is C=C(C(N)C(C)(C)C)N1CCCC1C=O.C=Cc1ccc(-c2cc(-c3ccccc3)nc(C3=CCCC=C3O)c2C[NH-])cc1CC.CC.CCC.CNCc1ccc(C(S)=C(C)C)cc1.[W]. The largest absolute Gasteiger partial charge is 0.674 e. The maximum atomic E-state index is 10.9. The van der Waals surface area contributed by atoms with Gasteiger partial charge < -0.3 is 31.6 Å². The third kappa shape index (κ3) is 17.4. The number of benzene rings is 3. The number of nitrogens with two attached hydrogens (primary N) is 1. The Labute approximate surface area is 419 Å². The third-order valence-electron chi connectivity index (χ3n) is 11.0. The van der Waals surface area contributed by atoms with E-state index in [1.165, 1.54) is 28.7 Å². The van der Waals surface area contributed by atoms with E-state index in [2.05, 4.69) is 140 Å². The Hall–Kier alpha value is -4.30. The number of carbonyl (C=O) groups excluding carboxylic acids is 1. The van der Waals surface area contributed by atoms with Gasteiger partial charge in [-0.15, -0.1) is 19.2 Å². The van der Waals surface area contributed by atoms with Crippen LogP contribution in [-0.2, 0) is 45.4 Å². The summed E-state index contributed by atoms with van der Waals surface area (Å²) in [6.07, 6.45) is 12.6. The van der Waals surface area contributed by atoms with Gasteiger partial charge in [0.2, 0.25) is 0 Å². The summed E-state index contributed by atoms with van der Waals surface area (Å²) in [5, 5.41) is 13.7. The number of rotatable bonds is 12. The molecule has 1 saturated heterocycles. The molecule has 358 valence electrons. The van der Waals surface area contributed by atoms with E-state index in [9.17, 15) is 9.90 Å². The van der Waals surface area contributed by atoms with Crippen molar-refractivity contribution in [2.24, 2.45) is 11.1 Å². The van der Waals surface area contributed by atoms with E-state index in [1.807, 2.05) is 69.5 Å². The average Bonchev–Trinajstić information content (AvgIpc) is 3.81. The summed E-state index contributed by atoms with van der Waals surface area (Å²) >= 11 is 4.46. The summed E-state index contributed by atoms with van der Waals surface area (Å²) in [5.74, 6) is 0.251. The van der Waals surface area contributed by atoms with E-state index in [1.54, 1.807) is 0 Å². The normalized spacial score (nSPS) is 14.3. The van der Waals surface area contributed by atoms with Gasteiger partial charge in [-0.25, -0.2) is 4.98 Å². The van der Waals surface area contributed by atoms with Gasteiger partial charge in [-0.1, -0.05) is 165 Å². The number of carbonyl (C=O) groups is 1. The zero-order chi connectivity index (χ0) is 48.7. The molecule has 2 atom stereocenters. The zero-order valence-corrected chi connectivity index (χ0v) is 45.8. The van der Waals surface area contributed by atoms with Crippen LogP contribution in [0.2, 0.25) is 0 Å². The average molecular weight is 1080 g/mol. The molecular formula is C57H80N5O2SW-. The van der Waals surface area contributed by atoms with Gasteiger partial charge in [0.25, 0.3) is 0 Å². The standard InChI is InChI=1S/C28H27N2O.C12H22N2O.C12H17NS.C3H8.C2H6.W/c1-3-19-14-15-22(16-20(19)4-2)24-17-26(21-10-6-5-7-11-21)30-28(25(24)18-29)23-12-8-9-13-27(23)31;1-9(11(13)12(2,3)4)14-7-5-6-10(14)8-15;1-9(2)12(14)11-6-4-10(5-7-11)8-13-3;1-3-2;1-2;/h3,5-7,10-17,29,31H,1,4,8-9,18H2,2H3;8,10-11H,1,5-7,13H2,2-4H3;4-7,13-14H,8H2,1-3H3;3H2,1-2H3;1-2H3;/q-1;;;;;. The van der Waals surface area contributed by atoms with Crippen LogP contribution in [0.15, 0.2) is 121 Å². The number of thiol groups is 1. The number of aliphatic hydroxyl groups is 1. The molecule has 0 bridgehead atoms. The molecule has 66 heavy (non-hydrogen) atoms. The fraction of sp³-hybridized carbons (Fsp3) is 0.404. The van der Waals surface area contributed by atoms with Crippen molar-refractivity contribution in [3.8, 4) is 22.4 Å². The van der Waals surface area contributed by atoms with Crippen LogP contribution in [0.3, 0.4) is 0 Å². The summed E-state index contributed by atoms with van der Waals surface area (Å²) < 4.78 is 0. The van der Waals surface area contributed by atoms with Crippen molar-refractivity contribution in [3.63, 3.8) is 0 Å².